The molecule has 1 heterocycles. The highest BCUT2D eigenvalue weighted by Crippen LogP contribution is 2.53. The Bertz CT molecular complexity index is 695. The van der Waals surface area contributed by atoms with E-state index in [2.05, 4.69) is 5.32 Å². The lowest BCUT2D eigenvalue weighted by Gasteiger charge is -2.38. The third-order valence-corrected chi connectivity index (χ3v) is 5.41. The lowest BCUT2D eigenvalue weighted by molar-refractivity contribution is -0.140. The standard InChI is InChI=1S/C18H22F4N2O2/c1-16(6-3-9-23-16)11-24(15(25)26-2)17(7-8-17)12-4-5-14(19)13(10-12)18(20,21)22/h4-5,10,23H,3,6-9,11H2,1-2H3/t16-/m0/s1. The Morgan fingerprint density at radius 3 is 2.50 bits per heavy atom. The fourth-order valence-corrected chi connectivity index (χ4v) is 3.81. The quantitative estimate of drug-likeness (QED) is 0.809. The molecule has 4 nitrogen and oxygen atoms in total. The summed E-state index contributed by atoms with van der Waals surface area (Å²) in [6, 6.07) is 2.98. The first kappa shape index (κ1) is 18.9. The van der Waals surface area contributed by atoms with E-state index in [0.29, 0.717) is 24.9 Å². The Morgan fingerprint density at radius 1 is 1.31 bits per heavy atom. The molecule has 3 rings (SSSR count). The van der Waals surface area contributed by atoms with Crippen LogP contribution in [0.1, 0.15) is 43.7 Å². The summed E-state index contributed by atoms with van der Waals surface area (Å²) in [6.45, 7) is 3.13. The summed E-state index contributed by atoms with van der Waals surface area (Å²) in [4.78, 5) is 13.9. The van der Waals surface area contributed by atoms with Gasteiger partial charge in [-0.25, -0.2) is 9.18 Å². The minimum atomic E-state index is -4.79. The van der Waals surface area contributed by atoms with Gasteiger partial charge in [0, 0.05) is 12.1 Å². The summed E-state index contributed by atoms with van der Waals surface area (Å²) >= 11 is 0. The number of benzene rings is 1. The number of hydrogen-bond acceptors (Lipinski definition) is 3. The third-order valence-electron chi connectivity index (χ3n) is 5.41. The van der Waals surface area contributed by atoms with Crippen molar-refractivity contribution in [1.29, 1.82) is 0 Å². The maximum Gasteiger partial charge on any atom is 0.419 e. The number of halogens is 4. The highest BCUT2D eigenvalue weighted by atomic mass is 19.4. The first-order valence-corrected chi connectivity index (χ1v) is 8.59. The van der Waals surface area contributed by atoms with Gasteiger partial charge in [0.25, 0.3) is 0 Å². The average molecular weight is 374 g/mol. The number of ether oxygens (including phenoxy) is 1. The van der Waals surface area contributed by atoms with Gasteiger partial charge < -0.3 is 10.1 Å². The molecule has 1 saturated heterocycles. The molecule has 1 amide bonds. The van der Waals surface area contributed by atoms with Crippen molar-refractivity contribution >= 4 is 6.09 Å². The molecule has 0 spiro atoms. The maximum absolute atomic E-state index is 13.7. The van der Waals surface area contributed by atoms with Gasteiger partial charge in [0.1, 0.15) is 5.82 Å². The van der Waals surface area contributed by atoms with Crippen molar-refractivity contribution in [3.63, 3.8) is 0 Å². The molecule has 144 valence electrons. The van der Waals surface area contributed by atoms with Crippen molar-refractivity contribution in [2.24, 2.45) is 0 Å². The first-order chi connectivity index (χ1) is 12.1. The van der Waals surface area contributed by atoms with Crippen LogP contribution in [-0.4, -0.2) is 36.7 Å². The van der Waals surface area contributed by atoms with Crippen LogP contribution in [0, 0.1) is 5.82 Å². The number of carbonyl (C=O) groups excluding carboxylic acids is 1. The molecule has 0 radical (unpaired) electrons. The zero-order valence-corrected chi connectivity index (χ0v) is 14.8. The van der Waals surface area contributed by atoms with Crippen molar-refractivity contribution in [3.8, 4) is 0 Å². The number of nitrogens with one attached hydrogen (secondary N) is 1. The van der Waals surface area contributed by atoms with Crippen molar-refractivity contribution in [1.82, 2.24) is 10.2 Å². The molecule has 2 fully saturated rings. The number of rotatable bonds is 4. The van der Waals surface area contributed by atoms with Crippen LogP contribution in [0.4, 0.5) is 22.4 Å². The number of alkyl halides is 3. The van der Waals surface area contributed by atoms with Crippen molar-refractivity contribution in [2.75, 3.05) is 20.2 Å². The predicted octanol–water partition coefficient (Wildman–Crippen LogP) is 4.04. The van der Waals surface area contributed by atoms with Crippen LogP contribution in [0.3, 0.4) is 0 Å². The van der Waals surface area contributed by atoms with E-state index in [1.165, 1.54) is 18.1 Å². The van der Waals surface area contributed by atoms with Crippen molar-refractivity contribution in [3.05, 3.63) is 35.1 Å². The summed E-state index contributed by atoms with van der Waals surface area (Å²) in [5, 5.41) is 3.35. The minimum Gasteiger partial charge on any atom is -0.453 e. The fourth-order valence-electron chi connectivity index (χ4n) is 3.81. The molecule has 2 aliphatic rings. The molecule has 26 heavy (non-hydrogen) atoms. The van der Waals surface area contributed by atoms with Crippen LogP contribution in [0.15, 0.2) is 18.2 Å². The molecular weight excluding hydrogens is 352 g/mol. The fraction of sp³-hybridized carbons (Fsp3) is 0.611. The second kappa shape index (κ2) is 6.40. The van der Waals surface area contributed by atoms with E-state index in [1.54, 1.807) is 0 Å². The van der Waals surface area contributed by atoms with Crippen LogP contribution in [0.25, 0.3) is 0 Å². The van der Waals surface area contributed by atoms with Gasteiger partial charge in [0.2, 0.25) is 0 Å². The molecular formula is C18H22F4N2O2. The second-order valence-electron chi connectivity index (χ2n) is 7.37. The highest BCUT2D eigenvalue weighted by molar-refractivity contribution is 5.70. The SMILES string of the molecule is COC(=O)N(C[C@]1(C)CCCN1)C1(c2ccc(F)c(C(F)(F)F)c2)CC1. The van der Waals surface area contributed by atoms with Gasteiger partial charge in [-0.05, 0) is 56.8 Å². The van der Waals surface area contributed by atoms with Crippen LogP contribution in [-0.2, 0) is 16.5 Å². The van der Waals surface area contributed by atoms with Crippen LogP contribution < -0.4 is 5.32 Å². The summed E-state index contributed by atoms with van der Waals surface area (Å²) in [5.74, 6) is -1.31. The lowest BCUT2D eigenvalue weighted by atomic mass is 9.95. The monoisotopic (exact) mass is 374 g/mol. The Morgan fingerprint density at radius 2 is 2.00 bits per heavy atom. The zero-order chi connectivity index (χ0) is 19.2. The van der Waals surface area contributed by atoms with E-state index in [1.807, 2.05) is 6.92 Å². The molecule has 1 aliphatic carbocycles. The second-order valence-corrected chi connectivity index (χ2v) is 7.37. The number of hydrogen-bond donors (Lipinski definition) is 1. The van der Waals surface area contributed by atoms with E-state index < -0.39 is 29.2 Å². The molecule has 1 atom stereocenters. The number of carbonyl (C=O) groups is 1. The molecule has 1 aromatic rings. The van der Waals surface area contributed by atoms with Gasteiger partial charge in [0.05, 0.1) is 18.2 Å². The van der Waals surface area contributed by atoms with Crippen molar-refractivity contribution in [2.45, 2.75) is 49.9 Å². The van der Waals surface area contributed by atoms with Crippen LogP contribution in [0.5, 0.6) is 0 Å². The Labute approximate surface area is 149 Å². The summed E-state index contributed by atoms with van der Waals surface area (Å²) in [7, 11) is 1.25. The Kier molecular flexibility index (Phi) is 4.67. The van der Waals surface area contributed by atoms with E-state index in [0.717, 1.165) is 31.5 Å². The van der Waals surface area contributed by atoms with Crippen LogP contribution in [0.2, 0.25) is 0 Å². The van der Waals surface area contributed by atoms with E-state index in [-0.39, 0.29) is 5.54 Å². The summed E-state index contributed by atoms with van der Waals surface area (Å²) < 4.78 is 57.8. The number of amides is 1. The van der Waals surface area contributed by atoms with Gasteiger partial charge in [-0.3, -0.25) is 4.90 Å². The minimum absolute atomic E-state index is 0.290. The summed E-state index contributed by atoms with van der Waals surface area (Å²) in [6.07, 6.45) is -2.52. The predicted molar refractivity (Wildman–Crippen MR) is 87.1 cm³/mol. The van der Waals surface area contributed by atoms with Gasteiger partial charge in [-0.1, -0.05) is 6.07 Å². The number of nitrogens with zero attached hydrogens (tertiary/aromatic N) is 1. The Hall–Kier alpha value is -1.83. The van der Waals surface area contributed by atoms with E-state index in [4.69, 9.17) is 4.74 Å². The van der Waals surface area contributed by atoms with Crippen LogP contribution >= 0.6 is 0 Å². The third kappa shape index (κ3) is 3.39. The molecule has 8 heteroatoms. The average Bonchev–Trinajstić information content (AvgIpc) is 3.27. The normalized spacial score (nSPS) is 24.4. The summed E-state index contributed by atoms with van der Waals surface area (Å²) in [5.41, 5.74) is -2.22. The molecule has 0 bridgehead atoms. The van der Waals surface area contributed by atoms with Gasteiger partial charge >= 0.3 is 12.3 Å². The van der Waals surface area contributed by atoms with E-state index >= 15 is 0 Å². The van der Waals surface area contributed by atoms with Gasteiger partial charge in [0.15, 0.2) is 0 Å². The highest BCUT2D eigenvalue weighted by Gasteiger charge is 2.54. The molecule has 1 N–H and O–H groups in total. The molecule has 0 unspecified atom stereocenters. The largest absolute Gasteiger partial charge is 0.453 e. The molecule has 1 saturated carbocycles. The topological polar surface area (TPSA) is 41.6 Å². The Balaban J connectivity index is 1.97. The maximum atomic E-state index is 13.7. The smallest absolute Gasteiger partial charge is 0.419 e. The van der Waals surface area contributed by atoms with Gasteiger partial charge in [-0.15, -0.1) is 0 Å². The first-order valence-electron chi connectivity index (χ1n) is 8.59. The zero-order valence-electron chi connectivity index (χ0n) is 14.8. The van der Waals surface area contributed by atoms with Crippen molar-refractivity contribution < 1.29 is 27.1 Å². The number of methoxy groups -OCH3 is 1. The molecule has 1 aromatic carbocycles. The molecule has 0 aromatic heterocycles. The van der Waals surface area contributed by atoms with Gasteiger partial charge in [-0.2, -0.15) is 13.2 Å². The molecule has 1 aliphatic heterocycles. The van der Waals surface area contributed by atoms with E-state index in [9.17, 15) is 22.4 Å². The lowest BCUT2D eigenvalue weighted by Crippen LogP contribution is -2.53.